The minimum Gasteiger partial charge on any atom is -0.465 e. The Morgan fingerprint density at radius 1 is 0.808 bits per heavy atom. The van der Waals surface area contributed by atoms with Gasteiger partial charge in [-0.2, -0.15) is 0 Å². The van der Waals surface area contributed by atoms with Crippen molar-refractivity contribution in [3.63, 3.8) is 0 Å². The maximum atomic E-state index is 11.7. The summed E-state index contributed by atoms with van der Waals surface area (Å²) in [5.41, 5.74) is 0.404. The number of benzene rings is 1. The van der Waals surface area contributed by atoms with E-state index in [-0.39, 0.29) is 43.4 Å². The van der Waals surface area contributed by atoms with Crippen LogP contribution in [0.1, 0.15) is 56.8 Å². The Bertz CT molecular complexity index is 574. The minimum atomic E-state index is -0.449. The highest BCUT2D eigenvalue weighted by Gasteiger charge is 2.13. The summed E-state index contributed by atoms with van der Waals surface area (Å²) in [4.78, 5) is 34.8. The first-order valence-corrected chi connectivity index (χ1v) is 8.81. The molecule has 0 spiro atoms. The van der Waals surface area contributed by atoms with E-state index in [1.807, 2.05) is 26.8 Å². The summed E-state index contributed by atoms with van der Waals surface area (Å²) in [6, 6.07) is 8.61. The van der Waals surface area contributed by atoms with Crippen LogP contribution >= 0.6 is 0 Å². The molecule has 0 bridgehead atoms. The summed E-state index contributed by atoms with van der Waals surface area (Å²) in [7, 11) is 0. The van der Waals surface area contributed by atoms with E-state index in [0.717, 1.165) is 0 Å². The largest absolute Gasteiger partial charge is 0.465 e. The molecule has 1 rings (SSSR count). The predicted octanol–water partition coefficient (Wildman–Crippen LogP) is 3.54. The van der Waals surface area contributed by atoms with Crippen LogP contribution in [-0.2, 0) is 23.8 Å². The molecule has 0 aliphatic rings. The van der Waals surface area contributed by atoms with Crippen LogP contribution in [0.3, 0.4) is 0 Å². The van der Waals surface area contributed by atoms with E-state index in [4.69, 9.17) is 14.2 Å². The molecule has 0 amide bonds. The zero-order valence-electron chi connectivity index (χ0n) is 15.8. The molecule has 0 unspecified atom stereocenters. The van der Waals surface area contributed by atoms with Crippen molar-refractivity contribution in [1.82, 2.24) is 0 Å². The summed E-state index contributed by atoms with van der Waals surface area (Å²) in [6.07, 6.45) is 1.63. The van der Waals surface area contributed by atoms with Gasteiger partial charge in [0.15, 0.2) is 0 Å². The van der Waals surface area contributed by atoms with Gasteiger partial charge in [-0.05, 0) is 30.4 Å². The van der Waals surface area contributed by atoms with Crippen molar-refractivity contribution in [2.24, 2.45) is 5.41 Å². The number of esters is 3. The van der Waals surface area contributed by atoms with Gasteiger partial charge in [-0.25, -0.2) is 4.79 Å². The molecule has 0 saturated carbocycles. The van der Waals surface area contributed by atoms with Crippen LogP contribution in [-0.4, -0.2) is 37.7 Å². The fraction of sp³-hybridized carbons (Fsp3) is 0.550. The van der Waals surface area contributed by atoms with Crippen molar-refractivity contribution in [3.05, 3.63) is 35.9 Å². The van der Waals surface area contributed by atoms with Gasteiger partial charge in [0.05, 0.1) is 12.2 Å². The van der Waals surface area contributed by atoms with E-state index in [2.05, 4.69) is 0 Å². The number of hydrogen-bond acceptors (Lipinski definition) is 6. The second kappa shape index (κ2) is 11.3. The molecule has 0 aromatic heterocycles. The maximum Gasteiger partial charge on any atom is 0.338 e. The molecule has 26 heavy (non-hydrogen) atoms. The Morgan fingerprint density at radius 3 is 1.92 bits per heavy atom. The van der Waals surface area contributed by atoms with Gasteiger partial charge in [0.2, 0.25) is 0 Å². The quantitative estimate of drug-likeness (QED) is 0.359. The molecule has 0 saturated heterocycles. The van der Waals surface area contributed by atoms with Gasteiger partial charge in [-0.1, -0.05) is 39.0 Å². The van der Waals surface area contributed by atoms with Crippen LogP contribution in [0.25, 0.3) is 0 Å². The highest BCUT2D eigenvalue weighted by Crippen LogP contribution is 2.13. The molecule has 144 valence electrons. The van der Waals surface area contributed by atoms with Crippen molar-refractivity contribution in [3.8, 4) is 0 Å². The Balaban J connectivity index is 2.03. The van der Waals surface area contributed by atoms with Gasteiger partial charge in [0, 0.05) is 12.8 Å². The van der Waals surface area contributed by atoms with Gasteiger partial charge >= 0.3 is 17.9 Å². The van der Waals surface area contributed by atoms with E-state index in [1.54, 1.807) is 24.3 Å². The fourth-order valence-corrected chi connectivity index (χ4v) is 1.93. The molecular weight excluding hydrogens is 336 g/mol. The van der Waals surface area contributed by atoms with E-state index in [1.165, 1.54) is 0 Å². The average molecular weight is 364 g/mol. The van der Waals surface area contributed by atoms with Gasteiger partial charge in [-0.15, -0.1) is 0 Å². The van der Waals surface area contributed by atoms with Crippen molar-refractivity contribution < 1.29 is 28.6 Å². The lowest BCUT2D eigenvalue weighted by atomic mass is 9.99. The topological polar surface area (TPSA) is 78.9 Å². The first-order chi connectivity index (χ1) is 12.3. The lowest BCUT2D eigenvalue weighted by Gasteiger charge is -2.17. The van der Waals surface area contributed by atoms with Crippen molar-refractivity contribution in [2.45, 2.75) is 46.5 Å². The van der Waals surface area contributed by atoms with Gasteiger partial charge < -0.3 is 14.2 Å². The monoisotopic (exact) mass is 364 g/mol. The Morgan fingerprint density at radius 2 is 1.35 bits per heavy atom. The SMILES string of the molecule is CC(C)(C)COC(=O)CCCCC(=O)OCCOC(=O)c1ccccc1. The Kier molecular flexibility index (Phi) is 9.41. The minimum absolute atomic E-state index is 0.0125. The number of rotatable bonds is 10. The number of ether oxygens (including phenoxy) is 3. The summed E-state index contributed by atoms with van der Waals surface area (Å²) in [5, 5.41) is 0. The van der Waals surface area contributed by atoms with E-state index >= 15 is 0 Å². The number of carbonyl (C=O) groups is 3. The third kappa shape index (κ3) is 10.5. The average Bonchev–Trinajstić information content (AvgIpc) is 2.60. The fourth-order valence-electron chi connectivity index (χ4n) is 1.93. The van der Waals surface area contributed by atoms with Crippen LogP contribution in [0.2, 0.25) is 0 Å². The molecular formula is C20H28O6. The molecule has 0 aliphatic heterocycles. The van der Waals surface area contributed by atoms with Crippen LogP contribution in [0.4, 0.5) is 0 Å². The number of unbranched alkanes of at least 4 members (excludes halogenated alkanes) is 1. The van der Waals surface area contributed by atoms with E-state index < -0.39 is 5.97 Å². The zero-order chi connectivity index (χ0) is 19.4. The van der Waals surface area contributed by atoms with Crippen LogP contribution < -0.4 is 0 Å². The molecule has 1 aromatic rings. The summed E-state index contributed by atoms with van der Waals surface area (Å²) in [6.45, 7) is 6.40. The lowest BCUT2D eigenvalue weighted by molar-refractivity contribution is -0.147. The second-order valence-corrected chi connectivity index (χ2v) is 7.15. The predicted molar refractivity (Wildman–Crippen MR) is 96.6 cm³/mol. The van der Waals surface area contributed by atoms with E-state index in [9.17, 15) is 14.4 Å². The second-order valence-electron chi connectivity index (χ2n) is 7.15. The molecule has 6 heteroatoms. The first kappa shape index (κ1) is 21.7. The maximum absolute atomic E-state index is 11.7. The molecule has 0 N–H and O–H groups in total. The van der Waals surface area contributed by atoms with Crippen LogP contribution in [0.5, 0.6) is 0 Å². The molecule has 6 nitrogen and oxygen atoms in total. The zero-order valence-corrected chi connectivity index (χ0v) is 15.8. The smallest absolute Gasteiger partial charge is 0.338 e. The molecule has 0 radical (unpaired) electrons. The molecule has 0 aliphatic carbocycles. The van der Waals surface area contributed by atoms with E-state index in [0.29, 0.717) is 25.0 Å². The van der Waals surface area contributed by atoms with Gasteiger partial charge in [-0.3, -0.25) is 9.59 Å². The lowest BCUT2D eigenvalue weighted by Crippen LogP contribution is -2.18. The summed E-state index contributed by atoms with van der Waals surface area (Å²) >= 11 is 0. The third-order valence-electron chi connectivity index (χ3n) is 3.27. The third-order valence-corrected chi connectivity index (χ3v) is 3.27. The van der Waals surface area contributed by atoms with Crippen molar-refractivity contribution in [1.29, 1.82) is 0 Å². The normalized spacial score (nSPS) is 10.9. The van der Waals surface area contributed by atoms with Crippen LogP contribution in [0.15, 0.2) is 30.3 Å². The number of carbonyl (C=O) groups excluding carboxylic acids is 3. The number of hydrogen-bond donors (Lipinski definition) is 0. The van der Waals surface area contributed by atoms with Gasteiger partial charge in [0.25, 0.3) is 0 Å². The summed E-state index contributed by atoms with van der Waals surface area (Å²) in [5.74, 6) is -1.07. The van der Waals surface area contributed by atoms with Crippen molar-refractivity contribution in [2.75, 3.05) is 19.8 Å². The highest BCUT2D eigenvalue weighted by atomic mass is 16.6. The van der Waals surface area contributed by atoms with Crippen molar-refractivity contribution >= 4 is 17.9 Å². The summed E-state index contributed by atoms with van der Waals surface area (Å²) < 4.78 is 15.2. The Labute approximate surface area is 154 Å². The molecule has 0 heterocycles. The first-order valence-electron chi connectivity index (χ1n) is 8.81. The van der Waals surface area contributed by atoms with Gasteiger partial charge in [0.1, 0.15) is 13.2 Å². The standard InChI is InChI=1S/C20H28O6/c1-20(2,3)15-26-18(22)12-8-7-11-17(21)24-13-14-25-19(23)16-9-5-4-6-10-16/h4-6,9-10H,7-8,11-15H2,1-3H3. The Hall–Kier alpha value is -2.37. The molecule has 0 atom stereocenters. The van der Waals surface area contributed by atoms with Crippen LogP contribution in [0, 0.1) is 5.41 Å². The molecule has 0 fully saturated rings. The molecule has 1 aromatic carbocycles. The highest BCUT2D eigenvalue weighted by molar-refractivity contribution is 5.89.